The van der Waals surface area contributed by atoms with Gasteiger partial charge in [0.15, 0.2) is 0 Å². The minimum atomic E-state index is 0.181. The van der Waals surface area contributed by atoms with E-state index < -0.39 is 0 Å². The first-order valence-electron chi connectivity index (χ1n) is 8.29. The Hall–Kier alpha value is -1.35. The number of nitrogens with zero attached hydrogens (tertiary/aromatic N) is 1. The fourth-order valence-corrected chi connectivity index (χ4v) is 3.51. The van der Waals surface area contributed by atoms with E-state index in [9.17, 15) is 4.79 Å². The number of rotatable bonds is 3. The van der Waals surface area contributed by atoms with Gasteiger partial charge in [-0.15, -0.1) is 0 Å². The van der Waals surface area contributed by atoms with Crippen LogP contribution in [0.1, 0.15) is 42.4 Å². The van der Waals surface area contributed by atoms with E-state index in [0.29, 0.717) is 12.5 Å². The second-order valence-corrected chi connectivity index (χ2v) is 6.63. The third-order valence-corrected chi connectivity index (χ3v) is 4.86. The van der Waals surface area contributed by atoms with Gasteiger partial charge in [0, 0.05) is 6.04 Å². The Bertz CT molecular complexity index is 504. The molecule has 3 nitrogen and oxygen atoms in total. The standard InChI is InChI=1S/C18H26N2O/c1-20-10-8-17(9-11-20)19-18(21)13-14-6-7-15-4-2-3-5-16(15)12-14/h6-7,12,17H,2-5,8-11,13H2,1H3,(H,19,21). The van der Waals surface area contributed by atoms with Crippen LogP contribution in [-0.2, 0) is 24.1 Å². The van der Waals surface area contributed by atoms with Gasteiger partial charge in [-0.3, -0.25) is 4.79 Å². The quantitative estimate of drug-likeness (QED) is 0.925. The summed E-state index contributed by atoms with van der Waals surface area (Å²) < 4.78 is 0. The molecule has 3 heteroatoms. The maximum absolute atomic E-state index is 12.2. The highest BCUT2D eigenvalue weighted by atomic mass is 16.1. The molecule has 114 valence electrons. The number of nitrogens with one attached hydrogen (secondary N) is 1. The number of aryl methyl sites for hydroxylation is 2. The summed E-state index contributed by atoms with van der Waals surface area (Å²) in [6, 6.07) is 6.99. The van der Waals surface area contributed by atoms with Crippen LogP contribution in [0.15, 0.2) is 18.2 Å². The Kier molecular flexibility index (Phi) is 4.59. The number of amides is 1. The topological polar surface area (TPSA) is 32.3 Å². The highest BCUT2D eigenvalue weighted by Gasteiger charge is 2.18. The molecule has 1 heterocycles. The molecular formula is C18H26N2O. The van der Waals surface area contributed by atoms with Crippen molar-refractivity contribution >= 4 is 5.91 Å². The van der Waals surface area contributed by atoms with Crippen LogP contribution in [0.2, 0.25) is 0 Å². The normalized spacial score (nSPS) is 20.0. The van der Waals surface area contributed by atoms with E-state index >= 15 is 0 Å². The summed E-state index contributed by atoms with van der Waals surface area (Å²) in [6.45, 7) is 2.17. The van der Waals surface area contributed by atoms with Crippen molar-refractivity contribution in [2.75, 3.05) is 20.1 Å². The van der Waals surface area contributed by atoms with Gasteiger partial charge in [0.25, 0.3) is 0 Å². The largest absolute Gasteiger partial charge is 0.353 e. The number of carbonyl (C=O) groups excluding carboxylic acids is 1. The minimum absolute atomic E-state index is 0.181. The van der Waals surface area contributed by atoms with E-state index in [1.807, 2.05) is 0 Å². The van der Waals surface area contributed by atoms with Crippen LogP contribution in [0.4, 0.5) is 0 Å². The van der Waals surface area contributed by atoms with Crippen LogP contribution in [0.5, 0.6) is 0 Å². The van der Waals surface area contributed by atoms with Crippen molar-refractivity contribution in [3.05, 3.63) is 34.9 Å². The van der Waals surface area contributed by atoms with E-state index in [1.165, 1.54) is 42.4 Å². The van der Waals surface area contributed by atoms with Crippen molar-refractivity contribution in [3.8, 4) is 0 Å². The third-order valence-electron chi connectivity index (χ3n) is 4.86. The summed E-state index contributed by atoms with van der Waals surface area (Å²) in [5.41, 5.74) is 4.12. The number of piperidine rings is 1. The van der Waals surface area contributed by atoms with Crippen molar-refractivity contribution < 1.29 is 4.79 Å². The Morgan fingerprint density at radius 3 is 2.67 bits per heavy atom. The van der Waals surface area contributed by atoms with Crippen LogP contribution < -0.4 is 5.32 Å². The Labute approximate surface area is 127 Å². The third kappa shape index (κ3) is 3.85. The summed E-state index contributed by atoms with van der Waals surface area (Å²) >= 11 is 0. The molecule has 2 aliphatic rings. The molecule has 0 aromatic heterocycles. The van der Waals surface area contributed by atoms with E-state index in [2.05, 4.69) is 35.5 Å². The molecule has 1 aromatic carbocycles. The Morgan fingerprint density at radius 2 is 1.90 bits per heavy atom. The zero-order valence-corrected chi connectivity index (χ0v) is 13.0. The van der Waals surface area contributed by atoms with Gasteiger partial charge in [0.05, 0.1) is 6.42 Å². The van der Waals surface area contributed by atoms with Gasteiger partial charge in [-0.05, 0) is 75.4 Å². The Balaban J connectivity index is 1.55. The van der Waals surface area contributed by atoms with Gasteiger partial charge in [0.1, 0.15) is 0 Å². The SMILES string of the molecule is CN1CCC(NC(=O)Cc2ccc3c(c2)CCCC3)CC1. The average molecular weight is 286 g/mol. The fraction of sp³-hybridized carbons (Fsp3) is 0.611. The zero-order chi connectivity index (χ0) is 14.7. The maximum atomic E-state index is 12.2. The van der Waals surface area contributed by atoms with Crippen molar-refractivity contribution in [2.24, 2.45) is 0 Å². The molecule has 1 saturated heterocycles. The van der Waals surface area contributed by atoms with Crippen molar-refractivity contribution in [3.63, 3.8) is 0 Å². The Morgan fingerprint density at radius 1 is 1.19 bits per heavy atom. The maximum Gasteiger partial charge on any atom is 0.224 e. The summed E-state index contributed by atoms with van der Waals surface area (Å²) in [7, 11) is 2.14. The van der Waals surface area contributed by atoms with Crippen molar-refractivity contribution in [1.29, 1.82) is 0 Å². The molecule has 1 aliphatic carbocycles. The second-order valence-electron chi connectivity index (χ2n) is 6.63. The molecule has 0 atom stereocenters. The highest BCUT2D eigenvalue weighted by Crippen LogP contribution is 2.22. The minimum Gasteiger partial charge on any atom is -0.353 e. The van der Waals surface area contributed by atoms with Crippen molar-refractivity contribution in [2.45, 2.75) is 51.0 Å². The fourth-order valence-electron chi connectivity index (χ4n) is 3.51. The predicted molar refractivity (Wildman–Crippen MR) is 85.4 cm³/mol. The van der Waals surface area contributed by atoms with Gasteiger partial charge in [-0.25, -0.2) is 0 Å². The number of benzene rings is 1. The number of hydrogen-bond acceptors (Lipinski definition) is 2. The van der Waals surface area contributed by atoms with Crippen molar-refractivity contribution in [1.82, 2.24) is 10.2 Å². The first-order chi connectivity index (χ1) is 10.2. The van der Waals surface area contributed by atoms with Gasteiger partial charge in [-0.1, -0.05) is 18.2 Å². The van der Waals surface area contributed by atoms with Gasteiger partial charge in [-0.2, -0.15) is 0 Å². The van der Waals surface area contributed by atoms with E-state index in [4.69, 9.17) is 0 Å². The van der Waals surface area contributed by atoms with Crippen LogP contribution in [-0.4, -0.2) is 37.0 Å². The lowest BCUT2D eigenvalue weighted by Gasteiger charge is -2.29. The summed E-state index contributed by atoms with van der Waals surface area (Å²) in [6.07, 6.45) is 7.66. The molecule has 1 amide bonds. The number of fused-ring (bicyclic) bond motifs is 1. The van der Waals surface area contributed by atoms with E-state index in [1.54, 1.807) is 0 Å². The van der Waals surface area contributed by atoms with Crippen LogP contribution in [0, 0.1) is 0 Å². The molecule has 0 saturated carbocycles. The molecule has 1 N–H and O–H groups in total. The first kappa shape index (κ1) is 14.6. The van der Waals surface area contributed by atoms with Gasteiger partial charge >= 0.3 is 0 Å². The van der Waals surface area contributed by atoms with Crippen LogP contribution in [0.3, 0.4) is 0 Å². The smallest absolute Gasteiger partial charge is 0.224 e. The number of likely N-dealkylation sites (tertiary alicyclic amines) is 1. The molecule has 21 heavy (non-hydrogen) atoms. The monoisotopic (exact) mass is 286 g/mol. The van der Waals surface area contributed by atoms with Gasteiger partial charge in [0.2, 0.25) is 5.91 Å². The summed E-state index contributed by atoms with van der Waals surface area (Å²) in [5.74, 6) is 0.181. The lowest BCUT2D eigenvalue weighted by atomic mass is 9.90. The van der Waals surface area contributed by atoms with Gasteiger partial charge < -0.3 is 10.2 Å². The van der Waals surface area contributed by atoms with Crippen LogP contribution in [0.25, 0.3) is 0 Å². The lowest BCUT2D eigenvalue weighted by Crippen LogP contribution is -2.43. The first-order valence-corrected chi connectivity index (χ1v) is 8.29. The zero-order valence-electron chi connectivity index (χ0n) is 13.0. The molecule has 0 radical (unpaired) electrons. The lowest BCUT2D eigenvalue weighted by molar-refractivity contribution is -0.121. The molecular weight excluding hydrogens is 260 g/mol. The number of hydrogen-bond donors (Lipinski definition) is 1. The molecule has 3 rings (SSSR count). The van der Waals surface area contributed by atoms with Crippen LogP contribution >= 0.6 is 0 Å². The molecule has 0 unspecified atom stereocenters. The second kappa shape index (κ2) is 6.61. The molecule has 0 bridgehead atoms. The average Bonchev–Trinajstić information content (AvgIpc) is 2.49. The summed E-state index contributed by atoms with van der Waals surface area (Å²) in [4.78, 5) is 14.5. The molecule has 0 spiro atoms. The molecule has 1 aliphatic heterocycles. The predicted octanol–water partition coefficient (Wildman–Crippen LogP) is 2.32. The van der Waals surface area contributed by atoms with E-state index in [0.717, 1.165) is 25.9 Å². The van der Waals surface area contributed by atoms with E-state index in [-0.39, 0.29) is 5.91 Å². The molecule has 1 aromatic rings. The molecule has 1 fully saturated rings. The number of carbonyl (C=O) groups is 1. The summed E-state index contributed by atoms with van der Waals surface area (Å²) in [5, 5.41) is 3.20. The highest BCUT2D eigenvalue weighted by molar-refractivity contribution is 5.79.